The van der Waals surface area contributed by atoms with Crippen LogP contribution >= 0.6 is 34.8 Å². The molecule has 3 nitrogen and oxygen atoms in total. The van der Waals surface area contributed by atoms with Crippen molar-refractivity contribution in [2.75, 3.05) is 12.4 Å². The number of carbonyl (C=O) groups excluding carboxylic acids is 1. The van der Waals surface area contributed by atoms with E-state index in [9.17, 15) is 4.79 Å². The van der Waals surface area contributed by atoms with Crippen LogP contribution in [0, 0.1) is 0 Å². The van der Waals surface area contributed by atoms with Crippen LogP contribution in [-0.4, -0.2) is 13.0 Å². The van der Waals surface area contributed by atoms with Gasteiger partial charge in [-0.2, -0.15) is 0 Å². The van der Waals surface area contributed by atoms with Gasteiger partial charge in [-0.25, -0.2) is 0 Å². The maximum atomic E-state index is 12.6. The van der Waals surface area contributed by atoms with E-state index in [0.717, 1.165) is 22.1 Å². The topological polar surface area (TPSA) is 38.3 Å². The van der Waals surface area contributed by atoms with Crippen LogP contribution in [0.1, 0.15) is 18.4 Å². The second-order valence-electron chi connectivity index (χ2n) is 5.93. The van der Waals surface area contributed by atoms with E-state index in [1.807, 2.05) is 43.3 Å². The number of benzene rings is 3. The summed E-state index contributed by atoms with van der Waals surface area (Å²) in [6.45, 7) is 1.84. The fraction of sp³-hybridized carbons (Fsp3) is 0.150. The van der Waals surface area contributed by atoms with Gasteiger partial charge in [0.2, 0.25) is 5.91 Å². The number of nitrogens with one attached hydrogen (secondary N) is 1. The van der Waals surface area contributed by atoms with Crippen LogP contribution in [0.5, 0.6) is 5.75 Å². The Morgan fingerprint density at radius 1 is 0.923 bits per heavy atom. The summed E-state index contributed by atoms with van der Waals surface area (Å²) < 4.78 is 5.24. The van der Waals surface area contributed by atoms with E-state index in [-0.39, 0.29) is 11.8 Å². The molecule has 134 valence electrons. The minimum absolute atomic E-state index is 0.182. The standard InChI is InChI=1S/C20H16Cl3NO2/c1-11(20(25)24-19-10-17(22)16(21)9-18(19)23)12-3-4-14-8-15(26-2)6-5-13(14)7-12/h3-11H,1-2H3,(H,24,25)/t11-/m0/s1. The first-order chi connectivity index (χ1) is 12.4. The number of amides is 1. The molecular formula is C20H16Cl3NO2. The van der Waals surface area contributed by atoms with Gasteiger partial charge in [-0.3, -0.25) is 4.79 Å². The van der Waals surface area contributed by atoms with Crippen LogP contribution in [0.4, 0.5) is 5.69 Å². The Morgan fingerprint density at radius 3 is 2.31 bits per heavy atom. The fourth-order valence-electron chi connectivity index (χ4n) is 2.65. The third-order valence-electron chi connectivity index (χ3n) is 4.23. The number of halogens is 3. The van der Waals surface area contributed by atoms with Crippen molar-refractivity contribution in [3.8, 4) is 5.75 Å². The van der Waals surface area contributed by atoms with Gasteiger partial charge in [0, 0.05) is 0 Å². The first-order valence-corrected chi connectivity index (χ1v) is 9.05. The lowest BCUT2D eigenvalue weighted by Crippen LogP contribution is -2.19. The summed E-state index contributed by atoms with van der Waals surface area (Å²) in [6.07, 6.45) is 0. The van der Waals surface area contributed by atoms with Crippen molar-refractivity contribution in [1.29, 1.82) is 0 Å². The van der Waals surface area contributed by atoms with E-state index in [1.165, 1.54) is 6.07 Å². The number of fused-ring (bicyclic) bond motifs is 1. The van der Waals surface area contributed by atoms with E-state index in [4.69, 9.17) is 39.5 Å². The van der Waals surface area contributed by atoms with Gasteiger partial charge >= 0.3 is 0 Å². The molecule has 0 fully saturated rings. The maximum absolute atomic E-state index is 12.6. The number of ether oxygens (including phenoxy) is 1. The zero-order chi connectivity index (χ0) is 18.8. The minimum Gasteiger partial charge on any atom is -0.497 e. The van der Waals surface area contributed by atoms with E-state index in [2.05, 4.69) is 5.32 Å². The lowest BCUT2D eigenvalue weighted by molar-refractivity contribution is -0.117. The van der Waals surface area contributed by atoms with Crippen LogP contribution in [0.15, 0.2) is 48.5 Å². The Balaban J connectivity index is 1.84. The van der Waals surface area contributed by atoms with E-state index >= 15 is 0 Å². The van der Waals surface area contributed by atoms with Crippen molar-refractivity contribution in [3.63, 3.8) is 0 Å². The Labute approximate surface area is 166 Å². The largest absolute Gasteiger partial charge is 0.497 e. The molecule has 0 unspecified atom stereocenters. The van der Waals surface area contributed by atoms with Gasteiger partial charge in [0.15, 0.2) is 0 Å². The normalized spacial score (nSPS) is 12.0. The Bertz CT molecular complexity index is 988. The molecule has 0 spiro atoms. The average molecular weight is 409 g/mol. The number of hydrogen-bond acceptors (Lipinski definition) is 2. The maximum Gasteiger partial charge on any atom is 0.231 e. The molecular weight excluding hydrogens is 393 g/mol. The molecule has 1 N–H and O–H groups in total. The van der Waals surface area contributed by atoms with Crippen LogP contribution < -0.4 is 10.1 Å². The van der Waals surface area contributed by atoms with Gasteiger partial charge in [-0.05, 0) is 47.5 Å². The fourth-order valence-corrected chi connectivity index (χ4v) is 3.24. The SMILES string of the molecule is COc1ccc2cc([C@H](C)C(=O)Nc3cc(Cl)c(Cl)cc3Cl)ccc2c1. The highest BCUT2D eigenvalue weighted by molar-refractivity contribution is 6.44. The molecule has 26 heavy (non-hydrogen) atoms. The van der Waals surface area contributed by atoms with Gasteiger partial charge in [-0.15, -0.1) is 0 Å². The van der Waals surface area contributed by atoms with Crippen LogP contribution in [0.3, 0.4) is 0 Å². The van der Waals surface area contributed by atoms with Crippen molar-refractivity contribution in [3.05, 3.63) is 69.2 Å². The number of hydrogen-bond donors (Lipinski definition) is 1. The first kappa shape index (κ1) is 18.8. The second kappa shape index (κ2) is 7.75. The van der Waals surface area contributed by atoms with Crippen molar-refractivity contribution >= 4 is 57.2 Å². The molecule has 0 aliphatic carbocycles. The number of methoxy groups -OCH3 is 1. The zero-order valence-corrected chi connectivity index (χ0v) is 16.4. The summed E-state index contributed by atoms with van der Waals surface area (Å²) in [5.74, 6) is 0.246. The molecule has 0 heterocycles. The third-order valence-corrected chi connectivity index (χ3v) is 5.27. The Hall–Kier alpha value is -1.94. The molecule has 0 bridgehead atoms. The summed E-state index contributed by atoms with van der Waals surface area (Å²) in [5, 5.41) is 5.91. The molecule has 0 radical (unpaired) electrons. The number of carbonyl (C=O) groups is 1. The molecule has 0 saturated carbocycles. The van der Waals surface area contributed by atoms with Crippen molar-refractivity contribution in [1.82, 2.24) is 0 Å². The molecule has 0 aliphatic rings. The minimum atomic E-state index is -0.368. The Morgan fingerprint density at radius 2 is 1.58 bits per heavy atom. The quantitative estimate of drug-likeness (QED) is 0.497. The summed E-state index contributed by atoms with van der Waals surface area (Å²) in [7, 11) is 1.64. The first-order valence-electron chi connectivity index (χ1n) is 7.92. The Kier molecular flexibility index (Phi) is 5.61. The monoisotopic (exact) mass is 407 g/mol. The van der Waals surface area contributed by atoms with Gasteiger partial charge in [0.05, 0.1) is 33.8 Å². The van der Waals surface area contributed by atoms with Gasteiger partial charge < -0.3 is 10.1 Å². The molecule has 0 aromatic heterocycles. The van der Waals surface area contributed by atoms with Gasteiger partial charge in [0.25, 0.3) is 0 Å². The third kappa shape index (κ3) is 3.90. The van der Waals surface area contributed by atoms with Crippen LogP contribution in [0.25, 0.3) is 10.8 Å². The predicted octanol–water partition coefficient (Wildman–Crippen LogP) is 6.55. The van der Waals surface area contributed by atoms with Crippen LogP contribution in [-0.2, 0) is 4.79 Å². The highest BCUT2D eigenvalue weighted by Crippen LogP contribution is 2.33. The summed E-state index contributed by atoms with van der Waals surface area (Å²) in [4.78, 5) is 12.6. The number of rotatable bonds is 4. The summed E-state index contributed by atoms with van der Waals surface area (Å²) in [6, 6.07) is 14.8. The molecule has 3 aromatic rings. The second-order valence-corrected chi connectivity index (χ2v) is 7.15. The van der Waals surface area contributed by atoms with Crippen molar-refractivity contribution < 1.29 is 9.53 Å². The average Bonchev–Trinajstić information content (AvgIpc) is 2.64. The summed E-state index contributed by atoms with van der Waals surface area (Å²) >= 11 is 18.1. The number of anilines is 1. The van der Waals surface area contributed by atoms with E-state index in [1.54, 1.807) is 13.2 Å². The van der Waals surface area contributed by atoms with E-state index in [0.29, 0.717) is 20.8 Å². The molecule has 1 atom stereocenters. The van der Waals surface area contributed by atoms with Gasteiger partial charge in [-0.1, -0.05) is 59.1 Å². The molecule has 0 saturated heterocycles. The van der Waals surface area contributed by atoms with Crippen LogP contribution in [0.2, 0.25) is 15.1 Å². The predicted molar refractivity (Wildman–Crippen MR) is 109 cm³/mol. The van der Waals surface area contributed by atoms with Crippen molar-refractivity contribution in [2.24, 2.45) is 0 Å². The zero-order valence-electron chi connectivity index (χ0n) is 14.1. The highest BCUT2D eigenvalue weighted by Gasteiger charge is 2.18. The summed E-state index contributed by atoms with van der Waals surface area (Å²) in [5.41, 5.74) is 1.33. The molecule has 3 rings (SSSR count). The highest BCUT2D eigenvalue weighted by atomic mass is 35.5. The van der Waals surface area contributed by atoms with E-state index < -0.39 is 0 Å². The molecule has 0 aliphatic heterocycles. The molecule has 3 aromatic carbocycles. The smallest absolute Gasteiger partial charge is 0.231 e. The lowest BCUT2D eigenvalue weighted by atomic mass is 9.97. The lowest BCUT2D eigenvalue weighted by Gasteiger charge is -2.15. The molecule has 1 amide bonds. The van der Waals surface area contributed by atoms with Crippen molar-refractivity contribution in [2.45, 2.75) is 12.8 Å². The molecule has 6 heteroatoms. The van der Waals surface area contributed by atoms with Gasteiger partial charge in [0.1, 0.15) is 5.75 Å².